The second-order valence-corrected chi connectivity index (χ2v) is 13.1. The van der Waals surface area contributed by atoms with E-state index in [-0.39, 0.29) is 34.7 Å². The molecule has 1 N–H and O–H groups in total. The second kappa shape index (κ2) is 14.9. The van der Waals surface area contributed by atoms with Gasteiger partial charge >= 0.3 is 12.1 Å². The topological polar surface area (TPSA) is 115 Å². The highest BCUT2D eigenvalue weighted by Gasteiger charge is 2.38. The van der Waals surface area contributed by atoms with Crippen molar-refractivity contribution in [2.45, 2.75) is 37.8 Å². The van der Waals surface area contributed by atoms with Crippen molar-refractivity contribution in [3.8, 4) is 11.5 Å². The molecule has 4 heterocycles. The number of benzene rings is 3. The van der Waals surface area contributed by atoms with Crippen LogP contribution in [0, 0.1) is 11.1 Å². The van der Waals surface area contributed by atoms with Gasteiger partial charge < -0.3 is 24.5 Å². The molecule has 3 fully saturated rings. The average molecular weight is 707 g/mol. The van der Waals surface area contributed by atoms with Crippen molar-refractivity contribution in [1.29, 1.82) is 0 Å². The summed E-state index contributed by atoms with van der Waals surface area (Å²) < 4.78 is 17.8. The molecule has 10 nitrogen and oxygen atoms in total. The number of aromatic nitrogens is 1. The van der Waals surface area contributed by atoms with Crippen molar-refractivity contribution < 1.29 is 33.6 Å². The molecule has 0 radical (unpaired) electrons. The third kappa shape index (κ3) is 7.41. The Balaban J connectivity index is 1.48. The zero-order valence-corrected chi connectivity index (χ0v) is 28.7. The van der Waals surface area contributed by atoms with Gasteiger partial charge in [-0.25, -0.2) is 9.59 Å². The largest absolute Gasteiger partial charge is 0.619 e. The minimum Gasteiger partial charge on any atom is -0.619 e. The Kier molecular flexibility index (Phi) is 10.5. The number of carboxylic acids is 1. The van der Waals surface area contributed by atoms with Crippen LogP contribution >= 0.6 is 23.2 Å². The highest BCUT2D eigenvalue weighted by molar-refractivity contribution is 6.35. The fourth-order valence-electron chi connectivity index (χ4n) is 7.01. The summed E-state index contributed by atoms with van der Waals surface area (Å²) in [6.45, 7) is 2.73. The van der Waals surface area contributed by atoms with Crippen LogP contribution in [0.3, 0.4) is 0 Å². The van der Waals surface area contributed by atoms with Crippen LogP contribution in [0.4, 0.5) is 10.5 Å². The molecule has 4 aromatic rings. The molecule has 3 aliphatic heterocycles. The van der Waals surface area contributed by atoms with E-state index in [4.69, 9.17) is 37.4 Å². The van der Waals surface area contributed by atoms with Gasteiger partial charge in [0, 0.05) is 23.7 Å². The highest BCUT2D eigenvalue weighted by atomic mass is 35.5. The summed E-state index contributed by atoms with van der Waals surface area (Å²) in [6, 6.07) is 19.6. The Hall–Kier alpha value is -4.51. The Morgan fingerprint density at radius 2 is 1.67 bits per heavy atom. The molecule has 3 aromatic carbocycles. The number of methoxy groups -OCH3 is 2. The molecular formula is C37H37Cl2N3O7. The summed E-state index contributed by atoms with van der Waals surface area (Å²) in [5.74, 6) is -0.582. The molecule has 12 heteroatoms. The lowest BCUT2D eigenvalue weighted by Gasteiger charge is -2.44. The number of aromatic carboxylic acids is 1. The Labute approximate surface area is 294 Å². The van der Waals surface area contributed by atoms with E-state index < -0.39 is 18.0 Å². The van der Waals surface area contributed by atoms with E-state index in [0.29, 0.717) is 56.6 Å². The number of hydrogen-bond donors (Lipinski definition) is 1. The van der Waals surface area contributed by atoms with E-state index in [1.165, 1.54) is 32.7 Å². The van der Waals surface area contributed by atoms with Crippen LogP contribution in [0.2, 0.25) is 10.0 Å². The van der Waals surface area contributed by atoms with Crippen molar-refractivity contribution in [2.75, 3.05) is 38.8 Å². The Morgan fingerprint density at radius 3 is 2.29 bits per heavy atom. The first-order valence-corrected chi connectivity index (χ1v) is 16.8. The molecule has 3 saturated heterocycles. The van der Waals surface area contributed by atoms with E-state index in [2.05, 4.69) is 4.90 Å². The van der Waals surface area contributed by atoms with Gasteiger partial charge in [-0.1, -0.05) is 59.6 Å². The van der Waals surface area contributed by atoms with Crippen LogP contribution in [0.5, 0.6) is 11.5 Å². The van der Waals surface area contributed by atoms with Gasteiger partial charge in [0.25, 0.3) is 0 Å². The van der Waals surface area contributed by atoms with Gasteiger partial charge in [0.2, 0.25) is 0 Å². The first-order chi connectivity index (χ1) is 23.7. The molecule has 1 aromatic heterocycles. The van der Waals surface area contributed by atoms with Crippen LogP contribution in [0.15, 0.2) is 79.1 Å². The summed E-state index contributed by atoms with van der Waals surface area (Å²) in [5.41, 5.74) is 2.82. The third-order valence-corrected chi connectivity index (χ3v) is 10.2. The maximum absolute atomic E-state index is 14.1. The van der Waals surface area contributed by atoms with Crippen molar-refractivity contribution in [1.82, 2.24) is 4.90 Å². The maximum Gasteiger partial charge on any atom is 0.414 e. The first-order valence-electron chi connectivity index (χ1n) is 16.1. The number of nitrogens with zero attached hydrogens (tertiary/aromatic N) is 3. The van der Waals surface area contributed by atoms with Crippen LogP contribution in [0.25, 0.3) is 0 Å². The molecule has 0 saturated carbocycles. The molecule has 3 aliphatic rings. The van der Waals surface area contributed by atoms with Gasteiger partial charge in [0.05, 0.1) is 26.3 Å². The van der Waals surface area contributed by atoms with E-state index >= 15 is 0 Å². The van der Waals surface area contributed by atoms with Gasteiger partial charge in [-0.05, 0) is 85.3 Å². The van der Waals surface area contributed by atoms with Gasteiger partial charge in [-0.15, -0.1) is 0 Å². The summed E-state index contributed by atoms with van der Waals surface area (Å²) in [5, 5.41) is 23.0. The van der Waals surface area contributed by atoms with E-state index in [1.807, 2.05) is 42.5 Å². The summed E-state index contributed by atoms with van der Waals surface area (Å²) in [6.07, 6.45) is 3.78. The molecular weight excluding hydrogens is 669 g/mol. The molecule has 2 bridgehead atoms. The number of anilines is 1. The number of pyridine rings is 1. The number of hydrogen-bond acceptors (Lipinski definition) is 7. The first kappa shape index (κ1) is 34.4. The van der Waals surface area contributed by atoms with Gasteiger partial charge in [0.1, 0.15) is 16.1 Å². The Morgan fingerprint density at radius 1 is 0.980 bits per heavy atom. The molecule has 256 valence electrons. The molecule has 0 aliphatic carbocycles. The predicted octanol–water partition coefficient (Wildman–Crippen LogP) is 6.95. The minimum absolute atomic E-state index is 0.0149. The Bertz CT molecular complexity index is 1810. The normalized spacial score (nSPS) is 18.8. The van der Waals surface area contributed by atoms with Crippen LogP contribution in [-0.2, 0) is 17.7 Å². The smallest absolute Gasteiger partial charge is 0.414 e. The monoisotopic (exact) mass is 705 g/mol. The average Bonchev–Trinajstić information content (AvgIpc) is 3.11. The highest BCUT2D eigenvalue weighted by Crippen LogP contribution is 2.41. The van der Waals surface area contributed by atoms with Crippen LogP contribution in [-0.4, -0.2) is 62.0 Å². The number of carbonyl (C=O) groups excluding carboxylic acids is 1. The lowest BCUT2D eigenvalue weighted by atomic mass is 9.80. The maximum atomic E-state index is 14.1. The number of para-hydroxylation sites is 1. The number of carboxylic acid groups (broad SMARTS) is 1. The summed E-state index contributed by atoms with van der Waals surface area (Å²) >= 11 is 13.2. The van der Waals surface area contributed by atoms with E-state index in [1.54, 1.807) is 23.1 Å². The zero-order chi connectivity index (χ0) is 34.7. The molecule has 49 heavy (non-hydrogen) atoms. The fraction of sp³-hybridized carbons (Fsp3) is 0.324. The number of piperidine rings is 3. The van der Waals surface area contributed by atoms with Gasteiger partial charge in [-0.3, -0.25) is 9.80 Å². The van der Waals surface area contributed by atoms with Crippen molar-refractivity contribution in [2.24, 2.45) is 5.92 Å². The van der Waals surface area contributed by atoms with Gasteiger partial charge in [0.15, 0.2) is 23.9 Å². The SMILES string of the molecule is COc1ccc([C@@H](Cc2c(Cl)c[n+]([O-])cc2Cl)c2c(CN(C(=O)O[C@H]3CN4CCC3CC4)c3ccccc3)cccc2C(=O)O)cc1OC. The van der Waals surface area contributed by atoms with Crippen LogP contribution < -0.4 is 19.1 Å². The summed E-state index contributed by atoms with van der Waals surface area (Å²) in [4.78, 5) is 30.9. The number of amides is 1. The molecule has 7 rings (SSSR count). The zero-order valence-electron chi connectivity index (χ0n) is 27.2. The fourth-order valence-corrected chi connectivity index (χ4v) is 7.61. The van der Waals surface area contributed by atoms with Crippen molar-refractivity contribution in [3.05, 3.63) is 122 Å². The van der Waals surface area contributed by atoms with Crippen molar-refractivity contribution in [3.63, 3.8) is 0 Å². The molecule has 0 unspecified atom stereocenters. The standard InChI is InChI=1S/C37H37Cl2N3O7/c1-47-32-12-11-24(17-33(32)48-2)28(18-29-30(38)20-41(46)21-31(29)39)35-25(7-6-10-27(35)36(43)44)19-42(26-8-4-3-5-9-26)37(45)49-34-22-40-15-13-23(34)14-16-40/h3-12,17,20-21,23,28,34H,13-16,18-19,22H2,1-2H3,(H,43,44)/t28-,34+/m1/s1. The number of halogens is 2. The summed E-state index contributed by atoms with van der Waals surface area (Å²) in [7, 11) is 3.05. The number of fused-ring (bicyclic) bond motifs is 3. The van der Waals surface area contributed by atoms with Gasteiger partial charge in [-0.2, -0.15) is 4.73 Å². The number of ether oxygens (including phenoxy) is 3. The van der Waals surface area contributed by atoms with E-state index in [9.17, 15) is 19.9 Å². The number of carbonyl (C=O) groups is 2. The quantitative estimate of drug-likeness (QED) is 0.132. The van der Waals surface area contributed by atoms with Crippen molar-refractivity contribution >= 4 is 41.0 Å². The number of rotatable bonds is 11. The molecule has 0 spiro atoms. The lowest BCUT2D eigenvalue weighted by Crippen LogP contribution is -2.53. The molecule has 2 atom stereocenters. The second-order valence-electron chi connectivity index (χ2n) is 12.3. The third-order valence-electron chi connectivity index (χ3n) is 9.52. The predicted molar refractivity (Wildman–Crippen MR) is 186 cm³/mol. The molecule has 1 amide bonds. The van der Waals surface area contributed by atoms with E-state index in [0.717, 1.165) is 25.9 Å². The lowest BCUT2D eigenvalue weighted by molar-refractivity contribution is -0.605. The minimum atomic E-state index is -1.15. The van der Waals surface area contributed by atoms with Crippen LogP contribution in [0.1, 0.15) is 51.4 Å².